The zero-order valence-corrected chi connectivity index (χ0v) is 10.7. The highest BCUT2D eigenvalue weighted by molar-refractivity contribution is 5.96. The normalized spacial score (nSPS) is 11.7. The van der Waals surface area contributed by atoms with Crippen molar-refractivity contribution in [1.82, 2.24) is 0 Å². The number of carbonyl (C=O) groups excluding carboxylic acids is 1. The van der Waals surface area contributed by atoms with Crippen LogP contribution in [0.2, 0.25) is 0 Å². The molecule has 1 amide bonds. The van der Waals surface area contributed by atoms with E-state index in [4.69, 9.17) is 10.5 Å². The van der Waals surface area contributed by atoms with E-state index in [1.165, 1.54) is 0 Å². The van der Waals surface area contributed by atoms with Gasteiger partial charge in [0.1, 0.15) is 11.8 Å². The first-order valence-corrected chi connectivity index (χ1v) is 5.97. The molecule has 0 aliphatic heterocycles. The van der Waals surface area contributed by atoms with Crippen LogP contribution in [0.5, 0.6) is 5.75 Å². The summed E-state index contributed by atoms with van der Waals surface area (Å²) in [7, 11) is 1.56. The smallest absolute Gasteiger partial charge is 0.245 e. The van der Waals surface area contributed by atoms with Gasteiger partial charge in [-0.05, 0) is 17.7 Å². The number of hydrogen-bond donors (Lipinski definition) is 2. The van der Waals surface area contributed by atoms with Crippen LogP contribution in [-0.4, -0.2) is 13.0 Å². The first-order valence-electron chi connectivity index (χ1n) is 5.97. The Labute approximate surface area is 112 Å². The van der Waals surface area contributed by atoms with E-state index in [1.807, 2.05) is 42.5 Å². The molecule has 4 heteroatoms. The van der Waals surface area contributed by atoms with Gasteiger partial charge in [0.2, 0.25) is 5.91 Å². The van der Waals surface area contributed by atoms with Crippen LogP contribution in [0.25, 0.3) is 0 Å². The SMILES string of the molecule is COc1ccccc1NC(=O)[C@H](N)c1ccccc1. The standard InChI is InChI=1S/C15H16N2O2/c1-19-13-10-6-5-9-12(13)17-15(18)14(16)11-7-3-2-4-8-11/h2-10,14H,16H2,1H3,(H,17,18)/t14-/m1/s1. The minimum atomic E-state index is -0.703. The van der Waals surface area contributed by atoms with E-state index in [9.17, 15) is 4.79 Å². The average Bonchev–Trinajstić information content (AvgIpc) is 2.48. The molecule has 2 rings (SSSR count). The predicted molar refractivity (Wildman–Crippen MR) is 75.0 cm³/mol. The van der Waals surface area contributed by atoms with Crippen LogP contribution in [0.1, 0.15) is 11.6 Å². The van der Waals surface area contributed by atoms with Gasteiger partial charge in [0.25, 0.3) is 0 Å². The first-order chi connectivity index (χ1) is 9.22. The highest BCUT2D eigenvalue weighted by Gasteiger charge is 2.16. The summed E-state index contributed by atoms with van der Waals surface area (Å²) >= 11 is 0. The molecule has 0 aliphatic rings. The number of hydrogen-bond acceptors (Lipinski definition) is 3. The summed E-state index contributed by atoms with van der Waals surface area (Å²) in [5.74, 6) is 0.340. The zero-order chi connectivity index (χ0) is 13.7. The molecule has 1 atom stereocenters. The molecule has 4 nitrogen and oxygen atoms in total. The molecule has 2 aromatic carbocycles. The van der Waals surface area contributed by atoms with E-state index >= 15 is 0 Å². The van der Waals surface area contributed by atoms with Crippen molar-refractivity contribution in [2.75, 3.05) is 12.4 Å². The fraction of sp³-hybridized carbons (Fsp3) is 0.133. The maximum atomic E-state index is 12.1. The molecular formula is C15H16N2O2. The minimum Gasteiger partial charge on any atom is -0.495 e. The van der Waals surface area contributed by atoms with Crippen LogP contribution in [-0.2, 0) is 4.79 Å². The summed E-state index contributed by atoms with van der Waals surface area (Å²) in [6, 6.07) is 15.8. The van der Waals surface area contributed by atoms with E-state index in [-0.39, 0.29) is 5.91 Å². The van der Waals surface area contributed by atoms with Crippen molar-refractivity contribution >= 4 is 11.6 Å². The summed E-state index contributed by atoms with van der Waals surface area (Å²) in [6.07, 6.45) is 0. The second kappa shape index (κ2) is 6.02. The third-order valence-electron chi connectivity index (χ3n) is 2.81. The maximum Gasteiger partial charge on any atom is 0.245 e. The van der Waals surface area contributed by atoms with Crippen LogP contribution in [0.4, 0.5) is 5.69 Å². The molecule has 3 N–H and O–H groups in total. The van der Waals surface area contributed by atoms with Crippen molar-refractivity contribution < 1.29 is 9.53 Å². The molecule has 19 heavy (non-hydrogen) atoms. The van der Waals surface area contributed by atoms with Crippen LogP contribution < -0.4 is 15.8 Å². The lowest BCUT2D eigenvalue weighted by molar-refractivity contribution is -0.117. The molecule has 0 fully saturated rings. The summed E-state index contributed by atoms with van der Waals surface area (Å²) in [6.45, 7) is 0. The Hall–Kier alpha value is -2.33. The van der Waals surface area contributed by atoms with Crippen LogP contribution in [0.15, 0.2) is 54.6 Å². The van der Waals surface area contributed by atoms with E-state index < -0.39 is 6.04 Å². The second-order valence-corrected chi connectivity index (χ2v) is 4.08. The van der Waals surface area contributed by atoms with Gasteiger partial charge in [-0.25, -0.2) is 0 Å². The largest absolute Gasteiger partial charge is 0.495 e. The van der Waals surface area contributed by atoms with E-state index in [2.05, 4.69) is 5.32 Å². The fourth-order valence-electron chi connectivity index (χ4n) is 1.77. The number of ether oxygens (including phenoxy) is 1. The number of nitrogens with two attached hydrogens (primary N) is 1. The lowest BCUT2D eigenvalue weighted by atomic mass is 10.1. The maximum absolute atomic E-state index is 12.1. The Bertz CT molecular complexity index is 555. The first kappa shape index (κ1) is 13.1. The zero-order valence-electron chi connectivity index (χ0n) is 10.7. The third-order valence-corrected chi connectivity index (χ3v) is 2.81. The molecule has 0 radical (unpaired) electrons. The van der Waals surface area contributed by atoms with Gasteiger partial charge in [0.05, 0.1) is 12.8 Å². The Balaban J connectivity index is 2.13. The molecule has 0 unspecified atom stereocenters. The number of para-hydroxylation sites is 2. The molecule has 0 saturated carbocycles. The van der Waals surface area contributed by atoms with Crippen molar-refractivity contribution in [2.45, 2.75) is 6.04 Å². The molecule has 2 aromatic rings. The van der Waals surface area contributed by atoms with Crippen molar-refractivity contribution in [3.8, 4) is 5.75 Å². The number of nitrogens with one attached hydrogen (secondary N) is 1. The van der Waals surface area contributed by atoms with E-state index in [1.54, 1.807) is 19.2 Å². The number of benzene rings is 2. The third kappa shape index (κ3) is 3.11. The monoisotopic (exact) mass is 256 g/mol. The number of carbonyl (C=O) groups is 1. The average molecular weight is 256 g/mol. The molecular weight excluding hydrogens is 240 g/mol. The van der Waals surface area contributed by atoms with Crippen molar-refractivity contribution in [2.24, 2.45) is 5.73 Å². The Kier molecular flexibility index (Phi) is 4.15. The summed E-state index contributed by atoms with van der Waals surface area (Å²) in [5.41, 5.74) is 7.31. The molecule has 0 bridgehead atoms. The molecule has 0 aliphatic carbocycles. The lowest BCUT2D eigenvalue weighted by Gasteiger charge is -2.14. The number of amides is 1. The minimum absolute atomic E-state index is 0.268. The van der Waals surface area contributed by atoms with E-state index in [0.717, 1.165) is 5.56 Å². The summed E-state index contributed by atoms with van der Waals surface area (Å²) in [5, 5.41) is 2.77. The van der Waals surface area contributed by atoms with Gasteiger partial charge in [-0.3, -0.25) is 4.79 Å². The van der Waals surface area contributed by atoms with Gasteiger partial charge in [-0.2, -0.15) is 0 Å². The molecule has 0 heterocycles. The molecule has 0 aromatic heterocycles. The Morgan fingerprint density at radius 3 is 2.42 bits per heavy atom. The summed E-state index contributed by atoms with van der Waals surface area (Å²) < 4.78 is 5.18. The number of rotatable bonds is 4. The number of anilines is 1. The van der Waals surface area contributed by atoms with Gasteiger partial charge in [-0.1, -0.05) is 42.5 Å². The highest BCUT2D eigenvalue weighted by atomic mass is 16.5. The van der Waals surface area contributed by atoms with Gasteiger partial charge in [0, 0.05) is 0 Å². The lowest BCUT2D eigenvalue weighted by Crippen LogP contribution is -2.27. The van der Waals surface area contributed by atoms with Crippen LogP contribution >= 0.6 is 0 Å². The number of methoxy groups -OCH3 is 1. The molecule has 0 saturated heterocycles. The van der Waals surface area contributed by atoms with Crippen molar-refractivity contribution in [3.05, 3.63) is 60.2 Å². The van der Waals surface area contributed by atoms with Crippen LogP contribution in [0.3, 0.4) is 0 Å². The quantitative estimate of drug-likeness (QED) is 0.882. The van der Waals surface area contributed by atoms with Gasteiger partial charge in [-0.15, -0.1) is 0 Å². The molecule has 0 spiro atoms. The highest BCUT2D eigenvalue weighted by Crippen LogP contribution is 2.24. The van der Waals surface area contributed by atoms with Crippen molar-refractivity contribution in [1.29, 1.82) is 0 Å². The van der Waals surface area contributed by atoms with E-state index in [0.29, 0.717) is 11.4 Å². The Morgan fingerprint density at radius 1 is 1.11 bits per heavy atom. The summed E-state index contributed by atoms with van der Waals surface area (Å²) in [4.78, 5) is 12.1. The topological polar surface area (TPSA) is 64.3 Å². The van der Waals surface area contributed by atoms with Crippen LogP contribution in [0, 0.1) is 0 Å². The van der Waals surface area contributed by atoms with Gasteiger partial charge in [0.15, 0.2) is 0 Å². The van der Waals surface area contributed by atoms with Gasteiger partial charge < -0.3 is 15.8 Å². The molecule has 98 valence electrons. The predicted octanol–water partition coefficient (Wildman–Crippen LogP) is 2.33. The fourth-order valence-corrected chi connectivity index (χ4v) is 1.77. The second-order valence-electron chi connectivity index (χ2n) is 4.08. The Morgan fingerprint density at radius 2 is 1.74 bits per heavy atom. The van der Waals surface area contributed by atoms with Crippen molar-refractivity contribution in [3.63, 3.8) is 0 Å². The van der Waals surface area contributed by atoms with Gasteiger partial charge >= 0.3 is 0 Å².